The Balaban J connectivity index is 1.65. The van der Waals surface area contributed by atoms with Gasteiger partial charge in [0.25, 0.3) is 0 Å². The van der Waals surface area contributed by atoms with Gasteiger partial charge in [0.1, 0.15) is 12.4 Å². The summed E-state index contributed by atoms with van der Waals surface area (Å²) in [5.74, 6) is 1.71. The molecule has 0 aromatic heterocycles. The fourth-order valence-corrected chi connectivity index (χ4v) is 2.92. The molecule has 0 saturated heterocycles. The summed E-state index contributed by atoms with van der Waals surface area (Å²) in [6.07, 6.45) is 2.64. The summed E-state index contributed by atoms with van der Waals surface area (Å²) in [5, 5.41) is 0. The van der Waals surface area contributed by atoms with Gasteiger partial charge in [-0.2, -0.15) is 0 Å². The molecule has 0 amide bonds. The van der Waals surface area contributed by atoms with Gasteiger partial charge in [0.05, 0.1) is 0 Å². The van der Waals surface area contributed by atoms with E-state index < -0.39 is 0 Å². The number of benzene rings is 3. The van der Waals surface area contributed by atoms with Crippen LogP contribution >= 0.6 is 0 Å². The van der Waals surface area contributed by atoms with Crippen molar-refractivity contribution >= 4 is 0 Å². The Morgan fingerprint density at radius 3 is 2.17 bits per heavy atom. The minimum atomic E-state index is 0.601. The van der Waals surface area contributed by atoms with Crippen molar-refractivity contribution in [2.45, 2.75) is 25.4 Å². The Hall–Kier alpha value is -2.54. The zero-order valence-corrected chi connectivity index (χ0v) is 13.1. The van der Waals surface area contributed by atoms with Crippen LogP contribution in [0.4, 0.5) is 0 Å². The molecule has 114 valence electrons. The Morgan fingerprint density at radius 2 is 1.48 bits per heavy atom. The molecule has 3 aromatic rings. The summed E-state index contributed by atoms with van der Waals surface area (Å²) in [4.78, 5) is 0. The molecule has 23 heavy (non-hydrogen) atoms. The molecular weight excluding hydrogens is 280 g/mol. The molecule has 4 rings (SSSR count). The van der Waals surface area contributed by atoms with Crippen LogP contribution < -0.4 is 4.74 Å². The van der Waals surface area contributed by atoms with Gasteiger partial charge >= 0.3 is 0 Å². The third-order valence-electron chi connectivity index (χ3n) is 4.37. The first-order chi connectivity index (χ1) is 11.4. The highest BCUT2D eigenvalue weighted by atomic mass is 16.5. The SMILES string of the molecule is c1ccc(COc2ccc(C3CC3)cc2-c2ccccc2)cc1. The first kappa shape index (κ1) is 14.1. The van der Waals surface area contributed by atoms with Crippen molar-refractivity contribution < 1.29 is 4.74 Å². The van der Waals surface area contributed by atoms with Gasteiger partial charge in [-0.05, 0) is 47.6 Å². The zero-order valence-electron chi connectivity index (χ0n) is 13.1. The first-order valence-electron chi connectivity index (χ1n) is 8.26. The lowest BCUT2D eigenvalue weighted by molar-refractivity contribution is 0.307. The van der Waals surface area contributed by atoms with E-state index in [1.165, 1.54) is 35.1 Å². The fraction of sp³-hybridized carbons (Fsp3) is 0.182. The normalized spacial score (nSPS) is 13.7. The zero-order chi connectivity index (χ0) is 15.5. The van der Waals surface area contributed by atoms with Gasteiger partial charge in [-0.15, -0.1) is 0 Å². The van der Waals surface area contributed by atoms with Gasteiger partial charge in [-0.25, -0.2) is 0 Å². The molecule has 0 bridgehead atoms. The maximum Gasteiger partial charge on any atom is 0.127 e. The summed E-state index contributed by atoms with van der Waals surface area (Å²) in [7, 11) is 0. The second kappa shape index (κ2) is 6.29. The fourth-order valence-electron chi connectivity index (χ4n) is 2.92. The molecule has 0 radical (unpaired) electrons. The van der Waals surface area contributed by atoms with E-state index in [1.54, 1.807) is 0 Å². The second-order valence-corrected chi connectivity index (χ2v) is 6.17. The Bertz CT molecular complexity index is 774. The van der Waals surface area contributed by atoms with Crippen LogP contribution in [0, 0.1) is 0 Å². The monoisotopic (exact) mass is 300 g/mol. The van der Waals surface area contributed by atoms with Gasteiger partial charge in [-0.1, -0.05) is 66.7 Å². The largest absolute Gasteiger partial charge is 0.488 e. The van der Waals surface area contributed by atoms with Crippen LogP contribution in [0.25, 0.3) is 11.1 Å². The van der Waals surface area contributed by atoms with Crippen LogP contribution in [0.1, 0.15) is 29.9 Å². The quantitative estimate of drug-likeness (QED) is 0.577. The van der Waals surface area contributed by atoms with Crippen LogP contribution in [0.15, 0.2) is 78.9 Å². The smallest absolute Gasteiger partial charge is 0.127 e. The molecule has 1 heteroatoms. The molecule has 1 saturated carbocycles. The predicted molar refractivity (Wildman–Crippen MR) is 94.6 cm³/mol. The molecule has 3 aromatic carbocycles. The van der Waals surface area contributed by atoms with E-state index in [0.29, 0.717) is 6.61 Å². The molecule has 0 spiro atoms. The van der Waals surface area contributed by atoms with Gasteiger partial charge in [-0.3, -0.25) is 0 Å². The lowest BCUT2D eigenvalue weighted by Crippen LogP contribution is -1.97. The molecule has 0 aliphatic heterocycles. The second-order valence-electron chi connectivity index (χ2n) is 6.17. The molecule has 1 nitrogen and oxygen atoms in total. The highest BCUT2D eigenvalue weighted by Gasteiger charge is 2.24. The Labute approximate surface area is 137 Å². The average Bonchev–Trinajstić information content (AvgIpc) is 3.47. The van der Waals surface area contributed by atoms with E-state index in [0.717, 1.165) is 11.7 Å². The Kier molecular flexibility index (Phi) is 3.85. The maximum absolute atomic E-state index is 6.13. The topological polar surface area (TPSA) is 9.23 Å². The third kappa shape index (κ3) is 3.29. The molecule has 1 aliphatic carbocycles. The molecule has 0 N–H and O–H groups in total. The van der Waals surface area contributed by atoms with Crippen molar-refractivity contribution in [3.63, 3.8) is 0 Å². The Morgan fingerprint density at radius 1 is 0.783 bits per heavy atom. The summed E-state index contributed by atoms with van der Waals surface area (Å²) in [5.41, 5.74) is 5.05. The van der Waals surface area contributed by atoms with Crippen LogP contribution in [-0.4, -0.2) is 0 Å². The van der Waals surface area contributed by atoms with Gasteiger partial charge < -0.3 is 4.74 Å². The van der Waals surface area contributed by atoms with Crippen molar-refractivity contribution in [1.29, 1.82) is 0 Å². The van der Waals surface area contributed by atoms with Gasteiger partial charge in [0.2, 0.25) is 0 Å². The minimum absolute atomic E-state index is 0.601. The first-order valence-corrected chi connectivity index (χ1v) is 8.26. The summed E-state index contributed by atoms with van der Waals surface area (Å²) in [6.45, 7) is 0.601. The number of hydrogen-bond acceptors (Lipinski definition) is 1. The molecule has 0 atom stereocenters. The van der Waals surface area contributed by atoms with Gasteiger partial charge in [0.15, 0.2) is 0 Å². The van der Waals surface area contributed by atoms with Crippen molar-refractivity contribution in [2.75, 3.05) is 0 Å². The van der Waals surface area contributed by atoms with E-state index in [1.807, 2.05) is 18.2 Å². The average molecular weight is 300 g/mol. The van der Waals surface area contributed by atoms with Crippen molar-refractivity contribution in [3.05, 3.63) is 90.0 Å². The molecule has 1 aliphatic rings. The lowest BCUT2D eigenvalue weighted by Gasteiger charge is -2.14. The van der Waals surface area contributed by atoms with E-state index >= 15 is 0 Å². The van der Waals surface area contributed by atoms with E-state index in [4.69, 9.17) is 4.74 Å². The molecular formula is C22H20O. The van der Waals surface area contributed by atoms with E-state index in [2.05, 4.69) is 60.7 Å². The van der Waals surface area contributed by atoms with E-state index in [9.17, 15) is 0 Å². The highest BCUT2D eigenvalue weighted by molar-refractivity contribution is 5.71. The summed E-state index contributed by atoms with van der Waals surface area (Å²) >= 11 is 0. The standard InChI is InChI=1S/C22H20O/c1-3-7-17(8-4-1)16-23-22-14-13-20(18-11-12-18)15-21(22)19-9-5-2-6-10-19/h1-10,13-15,18H,11-12,16H2. The predicted octanol–water partition coefficient (Wildman–Crippen LogP) is 5.81. The van der Waals surface area contributed by atoms with E-state index in [-0.39, 0.29) is 0 Å². The van der Waals surface area contributed by atoms with Crippen LogP contribution in [0.2, 0.25) is 0 Å². The summed E-state index contributed by atoms with van der Waals surface area (Å²) < 4.78 is 6.13. The minimum Gasteiger partial charge on any atom is -0.488 e. The van der Waals surface area contributed by atoms with Crippen LogP contribution in [0.3, 0.4) is 0 Å². The van der Waals surface area contributed by atoms with Crippen LogP contribution in [0.5, 0.6) is 5.75 Å². The van der Waals surface area contributed by atoms with Crippen molar-refractivity contribution in [3.8, 4) is 16.9 Å². The molecule has 1 fully saturated rings. The highest BCUT2D eigenvalue weighted by Crippen LogP contribution is 2.43. The number of rotatable bonds is 5. The summed E-state index contributed by atoms with van der Waals surface area (Å²) in [6, 6.07) is 27.5. The van der Waals surface area contributed by atoms with Gasteiger partial charge in [0, 0.05) is 5.56 Å². The number of ether oxygens (including phenoxy) is 1. The molecule has 0 unspecified atom stereocenters. The van der Waals surface area contributed by atoms with Crippen LogP contribution in [-0.2, 0) is 6.61 Å². The molecule has 0 heterocycles. The van der Waals surface area contributed by atoms with Crippen molar-refractivity contribution in [2.24, 2.45) is 0 Å². The lowest BCUT2D eigenvalue weighted by atomic mass is 10.00. The number of hydrogen-bond donors (Lipinski definition) is 0. The maximum atomic E-state index is 6.13. The van der Waals surface area contributed by atoms with Crippen molar-refractivity contribution in [1.82, 2.24) is 0 Å². The third-order valence-corrected chi connectivity index (χ3v) is 4.37.